The van der Waals surface area contributed by atoms with Crippen LogP contribution in [0.25, 0.3) is 0 Å². The van der Waals surface area contributed by atoms with Crippen molar-refractivity contribution in [1.82, 2.24) is 4.98 Å². The number of aliphatic imine (C=N–C) groups is 1. The van der Waals surface area contributed by atoms with Crippen molar-refractivity contribution in [3.63, 3.8) is 0 Å². The lowest BCUT2D eigenvalue weighted by Gasteiger charge is -2.15. The highest BCUT2D eigenvalue weighted by Crippen LogP contribution is 2.26. The topological polar surface area (TPSA) is 34.5 Å². The predicted octanol–water partition coefficient (Wildman–Crippen LogP) is 3.48. The van der Waals surface area contributed by atoms with Crippen molar-refractivity contribution in [2.24, 2.45) is 4.99 Å². The van der Waals surface area contributed by atoms with E-state index in [2.05, 4.69) is 24.3 Å². The fourth-order valence-electron chi connectivity index (χ4n) is 3.06. The van der Waals surface area contributed by atoms with E-state index in [4.69, 9.17) is 14.7 Å². The Bertz CT molecular complexity index is 679. The number of nitrogens with zero attached hydrogens (tertiary/aromatic N) is 2. The Morgan fingerprint density at radius 1 is 0.952 bits per heavy atom. The maximum Gasteiger partial charge on any atom is 0.236 e. The number of hydrogen-bond donors (Lipinski definition) is 0. The molecule has 0 N–H and O–H groups in total. The van der Waals surface area contributed by atoms with Gasteiger partial charge in [-0.15, -0.1) is 0 Å². The van der Waals surface area contributed by atoms with Crippen LogP contribution >= 0.6 is 0 Å². The minimum Gasteiger partial charge on any atom is -0.474 e. The predicted molar refractivity (Wildman–Crippen MR) is 82.6 cm³/mol. The average molecular weight is 278 g/mol. The molecule has 1 atom stereocenters. The van der Waals surface area contributed by atoms with Crippen LogP contribution in [0.3, 0.4) is 0 Å². The first-order valence-electron chi connectivity index (χ1n) is 7.65. The van der Waals surface area contributed by atoms with Crippen molar-refractivity contribution in [1.29, 1.82) is 0 Å². The Kier molecular flexibility index (Phi) is 3.18. The third-order valence-corrected chi connectivity index (χ3v) is 4.23. The number of rotatable bonds is 2. The highest BCUT2D eigenvalue weighted by molar-refractivity contribution is 5.93. The summed E-state index contributed by atoms with van der Waals surface area (Å²) in [5.74, 6) is 0.692. The van der Waals surface area contributed by atoms with Gasteiger partial charge >= 0.3 is 0 Å². The van der Waals surface area contributed by atoms with E-state index < -0.39 is 0 Å². The van der Waals surface area contributed by atoms with Gasteiger partial charge in [-0.25, -0.2) is 9.98 Å². The van der Waals surface area contributed by atoms with Gasteiger partial charge in [-0.3, -0.25) is 0 Å². The van der Waals surface area contributed by atoms with Crippen LogP contribution in [0.4, 0.5) is 0 Å². The Hall–Kier alpha value is -2.16. The van der Waals surface area contributed by atoms with Crippen LogP contribution in [-0.4, -0.2) is 17.5 Å². The standard InChI is InChI=1S/C18H18N2O/c1-2-6-13(7-3-1)17-12-21-18(20-17)16-11-10-14-8-4-5-9-15(14)19-16/h1-3,6-7,10-11,17H,4-5,8-9,12H2/t17-/m0/s1. The van der Waals surface area contributed by atoms with Crippen LogP contribution in [0.15, 0.2) is 47.5 Å². The summed E-state index contributed by atoms with van der Waals surface area (Å²) in [6.45, 7) is 0.609. The van der Waals surface area contributed by atoms with Crippen LogP contribution in [0.5, 0.6) is 0 Å². The second kappa shape index (κ2) is 5.32. The molecule has 2 aliphatic rings. The van der Waals surface area contributed by atoms with E-state index in [9.17, 15) is 0 Å². The summed E-state index contributed by atoms with van der Waals surface area (Å²) in [6, 6.07) is 14.6. The zero-order chi connectivity index (χ0) is 14.1. The van der Waals surface area contributed by atoms with Crippen LogP contribution in [-0.2, 0) is 17.6 Å². The third kappa shape index (κ3) is 2.44. The van der Waals surface area contributed by atoms with E-state index in [0.717, 1.165) is 18.5 Å². The quantitative estimate of drug-likeness (QED) is 0.843. The summed E-state index contributed by atoms with van der Waals surface area (Å²) in [5.41, 5.74) is 4.70. The normalized spacial score (nSPS) is 20.6. The number of hydrogen-bond acceptors (Lipinski definition) is 3. The van der Waals surface area contributed by atoms with E-state index >= 15 is 0 Å². The molecule has 0 radical (unpaired) electrons. The first-order chi connectivity index (χ1) is 10.4. The van der Waals surface area contributed by atoms with Gasteiger partial charge in [-0.05, 0) is 42.9 Å². The maximum absolute atomic E-state index is 5.78. The second-order valence-corrected chi connectivity index (χ2v) is 5.68. The van der Waals surface area contributed by atoms with Crippen LogP contribution in [0, 0.1) is 0 Å². The lowest BCUT2D eigenvalue weighted by molar-refractivity contribution is 0.319. The molecule has 1 aromatic heterocycles. The molecule has 2 heterocycles. The van der Waals surface area contributed by atoms with Crippen LogP contribution in [0.2, 0.25) is 0 Å². The molecule has 2 aromatic rings. The Labute approximate surface area is 124 Å². The molecule has 3 nitrogen and oxygen atoms in total. The molecular weight excluding hydrogens is 260 g/mol. The zero-order valence-corrected chi connectivity index (χ0v) is 12.0. The molecule has 0 fully saturated rings. The monoisotopic (exact) mass is 278 g/mol. The molecule has 0 saturated heterocycles. The zero-order valence-electron chi connectivity index (χ0n) is 12.0. The number of fused-ring (bicyclic) bond motifs is 1. The molecule has 1 aliphatic heterocycles. The van der Waals surface area contributed by atoms with Crippen molar-refractivity contribution < 1.29 is 4.74 Å². The number of benzene rings is 1. The molecule has 0 spiro atoms. The smallest absolute Gasteiger partial charge is 0.236 e. The van der Waals surface area contributed by atoms with Crippen LogP contribution in [0.1, 0.15) is 41.4 Å². The van der Waals surface area contributed by atoms with Gasteiger partial charge in [-0.1, -0.05) is 36.4 Å². The first kappa shape index (κ1) is 12.6. The van der Waals surface area contributed by atoms with Crippen LogP contribution < -0.4 is 0 Å². The van der Waals surface area contributed by atoms with Crippen molar-refractivity contribution in [3.8, 4) is 0 Å². The summed E-state index contributed by atoms with van der Waals surface area (Å²) < 4.78 is 5.78. The minimum atomic E-state index is 0.0963. The van der Waals surface area contributed by atoms with E-state index in [1.807, 2.05) is 18.2 Å². The van der Waals surface area contributed by atoms with Gasteiger partial charge in [0.15, 0.2) is 0 Å². The SMILES string of the molecule is c1ccc([C@@H]2COC(c3ccc4c(n3)CCCC4)=N2)cc1. The molecule has 21 heavy (non-hydrogen) atoms. The molecule has 1 aromatic carbocycles. The third-order valence-electron chi connectivity index (χ3n) is 4.23. The number of aryl methyl sites for hydroxylation is 2. The highest BCUT2D eigenvalue weighted by atomic mass is 16.5. The van der Waals surface area contributed by atoms with Gasteiger partial charge in [0.1, 0.15) is 18.3 Å². The van der Waals surface area contributed by atoms with E-state index in [-0.39, 0.29) is 6.04 Å². The van der Waals surface area contributed by atoms with Gasteiger partial charge in [0.2, 0.25) is 5.90 Å². The van der Waals surface area contributed by atoms with Gasteiger partial charge in [0.25, 0.3) is 0 Å². The first-order valence-corrected chi connectivity index (χ1v) is 7.65. The minimum absolute atomic E-state index is 0.0963. The van der Waals surface area contributed by atoms with Crippen molar-refractivity contribution in [2.45, 2.75) is 31.7 Å². The lowest BCUT2D eigenvalue weighted by Crippen LogP contribution is -2.10. The largest absolute Gasteiger partial charge is 0.474 e. The Morgan fingerprint density at radius 2 is 1.81 bits per heavy atom. The molecule has 1 aliphatic carbocycles. The fourth-order valence-corrected chi connectivity index (χ4v) is 3.06. The molecule has 0 bridgehead atoms. The van der Waals surface area contributed by atoms with E-state index in [1.165, 1.54) is 29.7 Å². The van der Waals surface area contributed by atoms with Gasteiger partial charge < -0.3 is 4.74 Å². The van der Waals surface area contributed by atoms with E-state index in [1.54, 1.807) is 0 Å². The Morgan fingerprint density at radius 3 is 2.71 bits per heavy atom. The fraction of sp³-hybridized carbons (Fsp3) is 0.333. The number of ether oxygens (including phenoxy) is 1. The maximum atomic E-state index is 5.78. The summed E-state index contributed by atoms with van der Waals surface area (Å²) in [6.07, 6.45) is 4.76. The van der Waals surface area contributed by atoms with E-state index in [0.29, 0.717) is 12.5 Å². The molecule has 3 heteroatoms. The second-order valence-electron chi connectivity index (χ2n) is 5.68. The van der Waals surface area contributed by atoms with Gasteiger partial charge in [0.05, 0.1) is 0 Å². The number of pyridine rings is 1. The number of aromatic nitrogens is 1. The molecule has 0 amide bonds. The lowest BCUT2D eigenvalue weighted by atomic mass is 9.96. The summed E-state index contributed by atoms with van der Waals surface area (Å²) in [7, 11) is 0. The van der Waals surface area contributed by atoms with Crippen molar-refractivity contribution in [3.05, 3.63) is 65.0 Å². The summed E-state index contributed by atoms with van der Waals surface area (Å²) in [4.78, 5) is 9.48. The molecule has 0 unspecified atom stereocenters. The highest BCUT2D eigenvalue weighted by Gasteiger charge is 2.23. The summed E-state index contributed by atoms with van der Waals surface area (Å²) in [5, 5.41) is 0. The molecular formula is C18H18N2O. The molecule has 0 saturated carbocycles. The van der Waals surface area contributed by atoms with Crippen molar-refractivity contribution in [2.75, 3.05) is 6.61 Å². The average Bonchev–Trinajstić information content (AvgIpc) is 3.05. The molecule has 4 rings (SSSR count). The molecule has 106 valence electrons. The van der Waals surface area contributed by atoms with Crippen molar-refractivity contribution >= 4 is 5.90 Å². The summed E-state index contributed by atoms with van der Waals surface area (Å²) >= 11 is 0. The van der Waals surface area contributed by atoms with Gasteiger partial charge in [-0.2, -0.15) is 0 Å². The van der Waals surface area contributed by atoms with Gasteiger partial charge in [0, 0.05) is 5.69 Å². The Balaban J connectivity index is 1.62.